The highest BCUT2D eigenvalue weighted by Crippen LogP contribution is 2.19. The molecule has 1 aliphatic rings. The molecule has 0 spiro atoms. The van der Waals surface area contributed by atoms with Gasteiger partial charge in [0.25, 0.3) is 0 Å². The lowest BCUT2D eigenvalue weighted by molar-refractivity contribution is -0.225. The average Bonchev–Trinajstić information content (AvgIpc) is 2.24. The quantitative estimate of drug-likeness (QED) is 0.512. The normalized spacial score (nSPS) is 34.5. The summed E-state index contributed by atoms with van der Waals surface area (Å²) in [7, 11) is 0. The van der Waals surface area contributed by atoms with Gasteiger partial charge in [-0.3, -0.25) is 4.79 Å². The fraction of sp³-hybridized carbons (Fsp3) is 0.700. The van der Waals surface area contributed by atoms with Crippen molar-refractivity contribution < 1.29 is 24.9 Å². The molecule has 1 saturated heterocycles. The summed E-state index contributed by atoms with van der Waals surface area (Å²) in [4.78, 5) is 12.6. The summed E-state index contributed by atoms with van der Waals surface area (Å²) < 4.78 is 5.15. The van der Waals surface area contributed by atoms with Crippen LogP contribution < -0.4 is 0 Å². The van der Waals surface area contributed by atoms with E-state index < -0.39 is 24.5 Å². The molecule has 1 amide bonds. The maximum atomic E-state index is 11.3. The first kappa shape index (κ1) is 13.1. The molecule has 0 aromatic heterocycles. The van der Waals surface area contributed by atoms with Crippen LogP contribution in [0.1, 0.15) is 6.92 Å². The Hall–Kier alpha value is -0.950. The van der Waals surface area contributed by atoms with Crippen molar-refractivity contribution in [3.8, 4) is 0 Å². The smallest absolute Gasteiger partial charge is 0.221 e. The fourth-order valence-corrected chi connectivity index (χ4v) is 1.62. The van der Waals surface area contributed by atoms with Crippen LogP contribution in [0.4, 0.5) is 0 Å². The van der Waals surface area contributed by atoms with Crippen LogP contribution in [0.25, 0.3) is 0 Å². The van der Waals surface area contributed by atoms with Crippen molar-refractivity contribution in [1.29, 1.82) is 0 Å². The summed E-state index contributed by atoms with van der Waals surface area (Å²) in [5.74, 6) is -0.299. The number of aliphatic hydroxyl groups excluding tert-OH is 3. The summed E-state index contributed by atoms with van der Waals surface area (Å²) in [5.41, 5.74) is 0. The van der Waals surface area contributed by atoms with Crippen molar-refractivity contribution in [3.05, 3.63) is 12.7 Å². The van der Waals surface area contributed by atoms with Gasteiger partial charge >= 0.3 is 0 Å². The van der Waals surface area contributed by atoms with Crippen molar-refractivity contribution in [3.63, 3.8) is 0 Å². The minimum Gasteiger partial charge on any atom is -0.388 e. The molecule has 0 aromatic carbocycles. The van der Waals surface area contributed by atoms with Gasteiger partial charge in [-0.25, -0.2) is 0 Å². The van der Waals surface area contributed by atoms with E-state index in [0.29, 0.717) is 0 Å². The summed E-state index contributed by atoms with van der Waals surface area (Å²) in [6.07, 6.45) is -3.23. The van der Waals surface area contributed by atoms with E-state index in [1.807, 2.05) is 0 Å². The maximum absolute atomic E-state index is 11.3. The van der Waals surface area contributed by atoms with Crippen molar-refractivity contribution >= 4 is 5.91 Å². The highest BCUT2D eigenvalue weighted by molar-refractivity contribution is 5.73. The van der Waals surface area contributed by atoms with E-state index in [2.05, 4.69) is 6.58 Å². The molecule has 1 fully saturated rings. The SMILES string of the molecule is C=CCN(C(C)=O)[C@@H]1OC[C@@H](O)C(O)C1O. The lowest BCUT2D eigenvalue weighted by atomic mass is 10.0. The van der Waals surface area contributed by atoms with Gasteiger partial charge in [-0.2, -0.15) is 0 Å². The first-order valence-corrected chi connectivity index (χ1v) is 5.03. The van der Waals surface area contributed by atoms with Gasteiger partial charge in [0.1, 0.15) is 18.3 Å². The molecule has 1 heterocycles. The van der Waals surface area contributed by atoms with Crippen LogP contribution in [0.5, 0.6) is 0 Å². The molecule has 1 rings (SSSR count). The van der Waals surface area contributed by atoms with E-state index in [1.54, 1.807) is 0 Å². The van der Waals surface area contributed by atoms with Crippen molar-refractivity contribution in [2.75, 3.05) is 13.2 Å². The third-order valence-electron chi connectivity index (χ3n) is 2.51. The first-order valence-electron chi connectivity index (χ1n) is 5.03. The predicted molar refractivity (Wildman–Crippen MR) is 55.3 cm³/mol. The van der Waals surface area contributed by atoms with E-state index in [4.69, 9.17) is 4.74 Å². The number of nitrogens with zero attached hydrogens (tertiary/aromatic N) is 1. The van der Waals surface area contributed by atoms with Crippen molar-refractivity contribution in [1.82, 2.24) is 4.90 Å². The maximum Gasteiger partial charge on any atom is 0.221 e. The third kappa shape index (κ3) is 2.59. The topological polar surface area (TPSA) is 90.2 Å². The Morgan fingerprint density at radius 1 is 1.50 bits per heavy atom. The van der Waals surface area contributed by atoms with Crippen LogP contribution in [0.3, 0.4) is 0 Å². The minimum absolute atomic E-state index is 0.121. The highest BCUT2D eigenvalue weighted by atomic mass is 16.5. The fourth-order valence-electron chi connectivity index (χ4n) is 1.62. The predicted octanol–water partition coefficient (Wildman–Crippen LogP) is -1.54. The van der Waals surface area contributed by atoms with E-state index in [9.17, 15) is 20.1 Å². The summed E-state index contributed by atoms with van der Waals surface area (Å²) in [6.45, 7) is 4.91. The molecule has 0 radical (unpaired) electrons. The van der Waals surface area contributed by atoms with Gasteiger partial charge < -0.3 is 25.0 Å². The van der Waals surface area contributed by atoms with E-state index in [1.165, 1.54) is 17.9 Å². The first-order chi connectivity index (χ1) is 7.49. The minimum atomic E-state index is -1.33. The van der Waals surface area contributed by atoms with Crippen LogP contribution >= 0.6 is 0 Å². The molecule has 16 heavy (non-hydrogen) atoms. The largest absolute Gasteiger partial charge is 0.388 e. The second-order valence-electron chi connectivity index (χ2n) is 3.73. The number of rotatable bonds is 3. The van der Waals surface area contributed by atoms with Gasteiger partial charge in [-0.05, 0) is 0 Å². The zero-order valence-electron chi connectivity index (χ0n) is 9.11. The Balaban J connectivity index is 2.77. The van der Waals surface area contributed by atoms with Crippen LogP contribution in [0.2, 0.25) is 0 Å². The monoisotopic (exact) mass is 231 g/mol. The molecule has 3 N–H and O–H groups in total. The molecule has 6 nitrogen and oxygen atoms in total. The zero-order valence-corrected chi connectivity index (χ0v) is 9.11. The Morgan fingerprint density at radius 3 is 2.62 bits per heavy atom. The average molecular weight is 231 g/mol. The number of aliphatic hydroxyl groups is 3. The molecular formula is C10H17NO5. The van der Waals surface area contributed by atoms with Gasteiger partial charge in [0.05, 0.1) is 6.61 Å². The van der Waals surface area contributed by atoms with Crippen molar-refractivity contribution in [2.45, 2.75) is 31.5 Å². The summed E-state index contributed by atoms with van der Waals surface area (Å²) >= 11 is 0. The molecule has 4 atom stereocenters. The number of carbonyl (C=O) groups is 1. The summed E-state index contributed by atoms with van der Waals surface area (Å²) in [6, 6.07) is 0. The van der Waals surface area contributed by atoms with Gasteiger partial charge in [-0.15, -0.1) is 6.58 Å². The Morgan fingerprint density at radius 2 is 2.12 bits per heavy atom. The Bertz CT molecular complexity index is 270. The molecule has 2 unspecified atom stereocenters. The second-order valence-corrected chi connectivity index (χ2v) is 3.73. The number of ether oxygens (including phenoxy) is 1. The molecule has 92 valence electrons. The number of carbonyl (C=O) groups excluding carboxylic acids is 1. The Kier molecular flexibility index (Phi) is 4.43. The van der Waals surface area contributed by atoms with Gasteiger partial charge in [-0.1, -0.05) is 6.08 Å². The van der Waals surface area contributed by atoms with Crippen LogP contribution in [0.15, 0.2) is 12.7 Å². The molecule has 0 aliphatic carbocycles. The van der Waals surface area contributed by atoms with Gasteiger partial charge in [0, 0.05) is 13.5 Å². The molecule has 6 heteroatoms. The molecule has 0 aromatic rings. The van der Waals surface area contributed by atoms with Crippen molar-refractivity contribution in [2.24, 2.45) is 0 Å². The standard InChI is InChI=1S/C10H17NO5/c1-3-4-11(6(2)12)10-9(15)8(14)7(13)5-16-10/h3,7-10,13-15H,1,4-5H2,2H3/t7-,8?,9?,10-/m1/s1. The number of hydrogen-bond acceptors (Lipinski definition) is 5. The van der Waals surface area contributed by atoms with Crippen LogP contribution in [-0.2, 0) is 9.53 Å². The van der Waals surface area contributed by atoms with Crippen LogP contribution in [0, 0.1) is 0 Å². The van der Waals surface area contributed by atoms with E-state index in [0.717, 1.165) is 0 Å². The van der Waals surface area contributed by atoms with E-state index in [-0.39, 0.29) is 19.1 Å². The molecule has 0 saturated carbocycles. The molecular weight excluding hydrogens is 214 g/mol. The highest BCUT2D eigenvalue weighted by Gasteiger charge is 2.41. The molecule has 0 bridgehead atoms. The van der Waals surface area contributed by atoms with E-state index >= 15 is 0 Å². The van der Waals surface area contributed by atoms with Gasteiger partial charge in [0.15, 0.2) is 6.23 Å². The lowest BCUT2D eigenvalue weighted by Gasteiger charge is -2.40. The number of hydrogen-bond donors (Lipinski definition) is 3. The summed E-state index contributed by atoms with van der Waals surface area (Å²) in [5, 5.41) is 28.4. The molecule has 1 aliphatic heterocycles. The van der Waals surface area contributed by atoms with Crippen LogP contribution in [-0.4, -0.2) is 63.8 Å². The second kappa shape index (κ2) is 5.40. The lowest BCUT2D eigenvalue weighted by Crippen LogP contribution is -2.59. The zero-order chi connectivity index (χ0) is 12.3. The Labute approximate surface area is 93.7 Å². The third-order valence-corrected chi connectivity index (χ3v) is 2.51. The number of amides is 1. The van der Waals surface area contributed by atoms with Gasteiger partial charge in [0.2, 0.25) is 5.91 Å².